The first-order valence-electron chi connectivity index (χ1n) is 9.54. The first kappa shape index (κ1) is 20.8. The molecule has 0 radical (unpaired) electrons. The van der Waals surface area contributed by atoms with Crippen LogP contribution in [0, 0.1) is 5.82 Å². The Bertz CT molecular complexity index is 939. The lowest BCUT2D eigenvalue weighted by molar-refractivity contribution is 0.0985. The average molecular weight is 412 g/mol. The third kappa shape index (κ3) is 5.12. The van der Waals surface area contributed by atoms with Crippen LogP contribution >= 0.6 is 11.6 Å². The van der Waals surface area contributed by atoms with Crippen LogP contribution in [0.1, 0.15) is 29.8 Å². The largest absolute Gasteiger partial charge is 0.357 e. The number of rotatable bonds is 7. The smallest absolute Gasteiger partial charge is 0.258 e. The number of benzene rings is 2. The average Bonchev–Trinajstić information content (AvgIpc) is 2.75. The molecule has 0 saturated carbocycles. The number of anilines is 2. The van der Waals surface area contributed by atoms with Crippen molar-refractivity contribution in [2.24, 2.45) is 0 Å². The molecule has 0 fully saturated rings. The Hall–Kier alpha value is -2.92. The van der Waals surface area contributed by atoms with Gasteiger partial charge in [-0.05, 0) is 74.0 Å². The van der Waals surface area contributed by atoms with Crippen molar-refractivity contribution < 1.29 is 9.18 Å². The maximum absolute atomic E-state index is 13.4. The Morgan fingerprint density at radius 3 is 2.17 bits per heavy atom. The summed E-state index contributed by atoms with van der Waals surface area (Å²) in [4.78, 5) is 21.5. The van der Waals surface area contributed by atoms with Gasteiger partial charge in [0, 0.05) is 35.6 Å². The van der Waals surface area contributed by atoms with Crippen LogP contribution in [-0.4, -0.2) is 24.0 Å². The molecule has 0 aliphatic heterocycles. The number of hydrogen-bond acceptors (Lipinski definition) is 3. The minimum absolute atomic E-state index is 0.193. The predicted octanol–water partition coefficient (Wildman–Crippen LogP) is 5.57. The fourth-order valence-corrected chi connectivity index (χ4v) is 3.20. The standard InChI is InChI=1S/C23H23ClFN3O/c1-3-27(4-2)22-14-5-17(15-26-22)16-28(21-12-10-20(25)11-13-21)23(29)18-6-8-19(24)9-7-18/h5-15H,3-4,16H2,1-2H3. The molecule has 4 nitrogen and oxygen atoms in total. The SMILES string of the molecule is CCN(CC)c1ccc(CN(C(=O)c2ccc(Cl)cc2)c2ccc(F)cc2)cn1. The molecule has 29 heavy (non-hydrogen) atoms. The highest BCUT2D eigenvalue weighted by Gasteiger charge is 2.19. The van der Waals surface area contributed by atoms with E-state index in [0.29, 0.717) is 22.8 Å². The molecule has 0 saturated heterocycles. The van der Waals surface area contributed by atoms with Crippen molar-refractivity contribution >= 4 is 29.0 Å². The Kier molecular flexibility index (Phi) is 6.83. The summed E-state index contributed by atoms with van der Waals surface area (Å²) in [6.45, 7) is 6.23. The highest BCUT2D eigenvalue weighted by molar-refractivity contribution is 6.30. The second-order valence-corrected chi connectivity index (χ2v) is 7.01. The van der Waals surface area contributed by atoms with Crippen molar-refractivity contribution in [1.82, 2.24) is 4.98 Å². The van der Waals surface area contributed by atoms with Crippen molar-refractivity contribution in [2.75, 3.05) is 22.9 Å². The number of carbonyl (C=O) groups is 1. The van der Waals surface area contributed by atoms with Gasteiger partial charge in [0.05, 0.1) is 6.54 Å². The molecule has 0 aliphatic rings. The molecular formula is C23H23ClFN3O. The van der Waals surface area contributed by atoms with Crippen molar-refractivity contribution in [3.63, 3.8) is 0 Å². The Morgan fingerprint density at radius 1 is 0.966 bits per heavy atom. The van der Waals surface area contributed by atoms with Crippen LogP contribution < -0.4 is 9.80 Å². The molecule has 1 heterocycles. The third-order valence-electron chi connectivity index (χ3n) is 4.71. The van der Waals surface area contributed by atoms with Gasteiger partial charge in [-0.15, -0.1) is 0 Å². The van der Waals surface area contributed by atoms with Gasteiger partial charge in [-0.25, -0.2) is 9.37 Å². The van der Waals surface area contributed by atoms with Crippen LogP contribution in [0.3, 0.4) is 0 Å². The lowest BCUT2D eigenvalue weighted by Crippen LogP contribution is -2.30. The topological polar surface area (TPSA) is 36.4 Å². The zero-order chi connectivity index (χ0) is 20.8. The summed E-state index contributed by atoms with van der Waals surface area (Å²) in [5, 5.41) is 0.561. The van der Waals surface area contributed by atoms with Crippen molar-refractivity contribution in [3.8, 4) is 0 Å². The summed E-state index contributed by atoms with van der Waals surface area (Å²) in [6, 6.07) is 16.5. The van der Waals surface area contributed by atoms with Gasteiger partial charge in [0.2, 0.25) is 0 Å². The number of pyridine rings is 1. The number of hydrogen-bond donors (Lipinski definition) is 0. The van der Waals surface area contributed by atoms with Crippen molar-refractivity contribution in [2.45, 2.75) is 20.4 Å². The summed E-state index contributed by atoms with van der Waals surface area (Å²) in [5.74, 6) is 0.357. The Labute approximate surface area is 175 Å². The molecule has 1 amide bonds. The maximum Gasteiger partial charge on any atom is 0.258 e. The number of amides is 1. The van der Waals surface area contributed by atoms with E-state index in [2.05, 4.69) is 23.7 Å². The zero-order valence-electron chi connectivity index (χ0n) is 16.5. The quantitative estimate of drug-likeness (QED) is 0.510. The van der Waals surface area contributed by atoms with Crippen molar-refractivity contribution in [1.29, 1.82) is 0 Å². The molecule has 2 aromatic carbocycles. The highest BCUT2D eigenvalue weighted by Crippen LogP contribution is 2.22. The van der Waals surface area contributed by atoms with Gasteiger partial charge in [0.25, 0.3) is 5.91 Å². The van der Waals surface area contributed by atoms with E-state index in [9.17, 15) is 9.18 Å². The molecule has 0 unspecified atom stereocenters. The summed E-state index contributed by atoms with van der Waals surface area (Å²) < 4.78 is 13.4. The van der Waals surface area contributed by atoms with Crippen LogP contribution in [-0.2, 0) is 6.54 Å². The van der Waals surface area contributed by atoms with E-state index < -0.39 is 0 Å². The van der Waals surface area contributed by atoms with Gasteiger partial charge >= 0.3 is 0 Å². The van der Waals surface area contributed by atoms with E-state index >= 15 is 0 Å². The van der Waals surface area contributed by atoms with Crippen LogP contribution in [0.2, 0.25) is 5.02 Å². The molecular weight excluding hydrogens is 389 g/mol. The second kappa shape index (κ2) is 9.52. The van der Waals surface area contributed by atoms with Crippen LogP contribution in [0.25, 0.3) is 0 Å². The first-order valence-corrected chi connectivity index (χ1v) is 9.92. The molecule has 3 aromatic rings. The molecule has 0 atom stereocenters. The number of carbonyl (C=O) groups excluding carboxylic acids is 1. The second-order valence-electron chi connectivity index (χ2n) is 6.57. The molecule has 0 bridgehead atoms. The van der Waals surface area contributed by atoms with Crippen LogP contribution in [0.15, 0.2) is 66.9 Å². The maximum atomic E-state index is 13.4. The lowest BCUT2D eigenvalue weighted by Gasteiger charge is -2.24. The lowest BCUT2D eigenvalue weighted by atomic mass is 10.1. The van der Waals surface area contributed by atoms with Gasteiger partial charge in [-0.2, -0.15) is 0 Å². The van der Waals surface area contributed by atoms with E-state index in [1.54, 1.807) is 47.5 Å². The van der Waals surface area contributed by atoms with E-state index in [1.807, 2.05) is 12.1 Å². The summed E-state index contributed by atoms with van der Waals surface area (Å²) in [7, 11) is 0. The van der Waals surface area contributed by atoms with E-state index in [4.69, 9.17) is 11.6 Å². The molecule has 3 rings (SSSR count). The van der Waals surface area contributed by atoms with Gasteiger partial charge in [0.1, 0.15) is 11.6 Å². The molecule has 1 aromatic heterocycles. The molecule has 150 valence electrons. The van der Waals surface area contributed by atoms with E-state index in [0.717, 1.165) is 24.5 Å². The Morgan fingerprint density at radius 2 is 1.62 bits per heavy atom. The minimum atomic E-state index is -0.349. The van der Waals surface area contributed by atoms with Gasteiger partial charge in [0.15, 0.2) is 0 Å². The Balaban J connectivity index is 1.90. The van der Waals surface area contributed by atoms with Gasteiger partial charge < -0.3 is 9.80 Å². The monoisotopic (exact) mass is 411 g/mol. The van der Waals surface area contributed by atoms with E-state index in [-0.39, 0.29) is 11.7 Å². The minimum Gasteiger partial charge on any atom is -0.357 e. The van der Waals surface area contributed by atoms with E-state index in [1.165, 1.54) is 12.1 Å². The molecule has 0 aliphatic carbocycles. The fourth-order valence-electron chi connectivity index (χ4n) is 3.08. The summed E-state index contributed by atoms with van der Waals surface area (Å²) in [5.41, 5.74) is 2.00. The van der Waals surface area contributed by atoms with Crippen LogP contribution in [0.5, 0.6) is 0 Å². The summed E-state index contributed by atoms with van der Waals surface area (Å²) in [6.07, 6.45) is 1.78. The molecule has 0 N–H and O–H groups in total. The van der Waals surface area contributed by atoms with Gasteiger partial charge in [-0.1, -0.05) is 17.7 Å². The number of halogens is 2. The van der Waals surface area contributed by atoms with Crippen LogP contribution in [0.4, 0.5) is 15.9 Å². The summed E-state index contributed by atoms with van der Waals surface area (Å²) >= 11 is 5.95. The van der Waals surface area contributed by atoms with Gasteiger partial charge in [-0.3, -0.25) is 4.79 Å². The normalized spacial score (nSPS) is 10.6. The number of aromatic nitrogens is 1. The number of nitrogens with zero attached hydrogens (tertiary/aromatic N) is 3. The van der Waals surface area contributed by atoms with Crippen molar-refractivity contribution in [3.05, 3.63) is 88.8 Å². The highest BCUT2D eigenvalue weighted by atomic mass is 35.5. The predicted molar refractivity (Wildman–Crippen MR) is 116 cm³/mol. The zero-order valence-corrected chi connectivity index (χ0v) is 17.2. The molecule has 6 heteroatoms. The molecule has 0 spiro atoms. The fraction of sp³-hybridized carbons (Fsp3) is 0.217. The first-order chi connectivity index (χ1) is 14.0. The third-order valence-corrected chi connectivity index (χ3v) is 4.96.